The summed E-state index contributed by atoms with van der Waals surface area (Å²) >= 11 is 1.91. The van der Waals surface area contributed by atoms with Crippen LogP contribution in [0.1, 0.15) is 28.4 Å². The summed E-state index contributed by atoms with van der Waals surface area (Å²) in [5, 5.41) is 9.22. The van der Waals surface area contributed by atoms with E-state index in [-0.39, 0.29) is 12.5 Å². The molecule has 1 fully saturated rings. The van der Waals surface area contributed by atoms with E-state index in [1.807, 2.05) is 41.8 Å². The van der Waals surface area contributed by atoms with E-state index < -0.39 is 0 Å². The Labute approximate surface area is 124 Å². The lowest BCUT2D eigenvalue weighted by Crippen LogP contribution is -2.41. The van der Waals surface area contributed by atoms with E-state index in [1.165, 1.54) is 0 Å². The summed E-state index contributed by atoms with van der Waals surface area (Å²) in [6.45, 7) is 5.58. The highest BCUT2D eigenvalue weighted by Crippen LogP contribution is 2.20. The Morgan fingerprint density at radius 3 is 3.00 bits per heavy atom. The quantitative estimate of drug-likeness (QED) is 0.803. The van der Waals surface area contributed by atoms with Gasteiger partial charge in [-0.25, -0.2) is 0 Å². The number of carbonyl (C=O) groups is 1. The molecule has 0 aromatic heterocycles. The van der Waals surface area contributed by atoms with Gasteiger partial charge in [-0.15, -0.1) is 0 Å². The van der Waals surface area contributed by atoms with Crippen molar-refractivity contribution in [2.24, 2.45) is 0 Å². The first-order valence-corrected chi connectivity index (χ1v) is 7.78. The Morgan fingerprint density at radius 1 is 1.55 bits per heavy atom. The number of benzene rings is 1. The summed E-state index contributed by atoms with van der Waals surface area (Å²) in [7, 11) is 0. The first kappa shape index (κ1) is 15.0. The average Bonchev–Trinajstić information content (AvgIpc) is 2.45. The maximum Gasteiger partial charge on any atom is 0.253 e. The zero-order valence-corrected chi connectivity index (χ0v) is 12.7. The number of amides is 1. The third-order valence-electron chi connectivity index (χ3n) is 3.30. The first-order chi connectivity index (χ1) is 9.61. The fraction of sp³-hybridized carbons (Fsp3) is 0.438. The van der Waals surface area contributed by atoms with Gasteiger partial charge in [0, 0.05) is 35.2 Å². The molecule has 1 aliphatic rings. The van der Waals surface area contributed by atoms with Crippen molar-refractivity contribution in [3.8, 4) is 11.8 Å². The molecule has 20 heavy (non-hydrogen) atoms. The van der Waals surface area contributed by atoms with Gasteiger partial charge in [0.15, 0.2) is 0 Å². The highest BCUT2D eigenvalue weighted by Gasteiger charge is 2.22. The van der Waals surface area contributed by atoms with Gasteiger partial charge in [-0.3, -0.25) is 4.79 Å². The molecule has 106 valence electrons. The molecule has 0 saturated carbocycles. The van der Waals surface area contributed by atoms with Gasteiger partial charge < -0.3 is 10.0 Å². The number of hydrogen-bond acceptors (Lipinski definition) is 3. The predicted molar refractivity (Wildman–Crippen MR) is 83.0 cm³/mol. The van der Waals surface area contributed by atoms with E-state index in [1.54, 1.807) is 0 Å². The molecule has 2 rings (SSSR count). The number of nitrogens with zero attached hydrogens (tertiary/aromatic N) is 1. The number of hydrogen-bond donors (Lipinski definition) is 1. The molecule has 1 heterocycles. The van der Waals surface area contributed by atoms with Gasteiger partial charge in [0.1, 0.15) is 6.61 Å². The van der Waals surface area contributed by atoms with Crippen molar-refractivity contribution in [2.75, 3.05) is 25.4 Å². The fourth-order valence-electron chi connectivity index (χ4n) is 2.26. The Balaban J connectivity index is 2.16. The van der Waals surface area contributed by atoms with Gasteiger partial charge in [-0.2, -0.15) is 11.8 Å². The van der Waals surface area contributed by atoms with Gasteiger partial charge in [0.05, 0.1) is 0 Å². The van der Waals surface area contributed by atoms with E-state index in [9.17, 15) is 4.79 Å². The van der Waals surface area contributed by atoms with E-state index in [4.69, 9.17) is 5.11 Å². The molecule has 1 aromatic carbocycles. The lowest BCUT2D eigenvalue weighted by atomic mass is 10.0. The second-order valence-corrected chi connectivity index (χ2v) is 6.47. The lowest BCUT2D eigenvalue weighted by molar-refractivity contribution is 0.0763. The fourth-order valence-corrected chi connectivity index (χ4v) is 3.27. The van der Waals surface area contributed by atoms with Crippen LogP contribution in [0.2, 0.25) is 0 Å². The highest BCUT2D eigenvalue weighted by atomic mass is 32.2. The lowest BCUT2D eigenvalue weighted by Gasteiger charge is -2.30. The van der Waals surface area contributed by atoms with Crippen LogP contribution in [0.25, 0.3) is 0 Å². The van der Waals surface area contributed by atoms with Crippen molar-refractivity contribution in [3.63, 3.8) is 0 Å². The molecule has 1 saturated heterocycles. The molecule has 1 N–H and O–H groups in total. The summed E-state index contributed by atoms with van der Waals surface area (Å²) in [5.41, 5.74) is 2.55. The van der Waals surface area contributed by atoms with Crippen LogP contribution < -0.4 is 0 Å². The predicted octanol–water partition coefficient (Wildman–Crippen LogP) is 1.92. The Bertz CT molecular complexity index is 559. The molecular formula is C16H19NO2S. The SMILES string of the molecule is Cc1cc(C(=O)N2CCSC(C)C2)ccc1C#CCO. The largest absolute Gasteiger partial charge is 0.384 e. The van der Waals surface area contributed by atoms with Crippen LogP contribution in [0.4, 0.5) is 0 Å². The smallest absolute Gasteiger partial charge is 0.253 e. The van der Waals surface area contributed by atoms with Gasteiger partial charge in [-0.1, -0.05) is 18.8 Å². The summed E-state index contributed by atoms with van der Waals surface area (Å²) in [4.78, 5) is 14.4. The van der Waals surface area contributed by atoms with Crippen LogP contribution in [-0.4, -0.2) is 46.6 Å². The van der Waals surface area contributed by atoms with Crippen molar-refractivity contribution in [1.29, 1.82) is 0 Å². The molecule has 4 heteroatoms. The molecule has 0 spiro atoms. The number of rotatable bonds is 1. The van der Waals surface area contributed by atoms with Gasteiger partial charge in [0.25, 0.3) is 5.91 Å². The molecule has 1 amide bonds. The molecule has 1 aromatic rings. The molecule has 3 nitrogen and oxygen atoms in total. The summed E-state index contributed by atoms with van der Waals surface area (Å²) < 4.78 is 0. The minimum absolute atomic E-state index is 0.0990. The van der Waals surface area contributed by atoms with Gasteiger partial charge in [0.2, 0.25) is 0 Å². The van der Waals surface area contributed by atoms with Gasteiger partial charge in [-0.05, 0) is 30.7 Å². The third kappa shape index (κ3) is 3.56. The molecular weight excluding hydrogens is 270 g/mol. The number of aryl methyl sites for hydroxylation is 1. The van der Waals surface area contributed by atoms with E-state index in [0.717, 1.165) is 35.5 Å². The van der Waals surface area contributed by atoms with Crippen LogP contribution >= 0.6 is 11.8 Å². The van der Waals surface area contributed by atoms with Crippen LogP contribution in [0.15, 0.2) is 18.2 Å². The Kier molecular flexibility index (Phi) is 5.11. The zero-order chi connectivity index (χ0) is 14.5. The summed E-state index contributed by atoms with van der Waals surface area (Å²) in [5.74, 6) is 6.62. The standard InChI is InChI=1S/C16H19NO2S/c1-12-10-15(6-5-14(12)4-3-8-18)16(19)17-7-9-20-13(2)11-17/h5-6,10,13,18H,7-9,11H2,1-2H3. The monoisotopic (exact) mass is 289 g/mol. The van der Waals surface area contributed by atoms with E-state index >= 15 is 0 Å². The van der Waals surface area contributed by atoms with Crippen LogP contribution in [-0.2, 0) is 0 Å². The third-order valence-corrected chi connectivity index (χ3v) is 4.44. The Hall–Kier alpha value is -1.44. The highest BCUT2D eigenvalue weighted by molar-refractivity contribution is 7.99. The Morgan fingerprint density at radius 2 is 2.35 bits per heavy atom. The normalized spacial score (nSPS) is 18.4. The number of aliphatic hydroxyl groups is 1. The van der Waals surface area contributed by atoms with E-state index in [0.29, 0.717) is 5.25 Å². The van der Waals surface area contributed by atoms with Crippen molar-refractivity contribution >= 4 is 17.7 Å². The number of aliphatic hydroxyl groups excluding tert-OH is 1. The summed E-state index contributed by atoms with van der Waals surface area (Å²) in [6, 6.07) is 5.56. The summed E-state index contributed by atoms with van der Waals surface area (Å²) in [6.07, 6.45) is 0. The minimum atomic E-state index is -0.149. The van der Waals surface area contributed by atoms with Crippen molar-refractivity contribution < 1.29 is 9.90 Å². The van der Waals surface area contributed by atoms with Crippen molar-refractivity contribution in [2.45, 2.75) is 19.1 Å². The molecule has 1 atom stereocenters. The average molecular weight is 289 g/mol. The van der Waals surface area contributed by atoms with Crippen LogP contribution in [0.3, 0.4) is 0 Å². The topological polar surface area (TPSA) is 40.5 Å². The molecule has 1 aliphatic heterocycles. The van der Waals surface area contributed by atoms with Gasteiger partial charge >= 0.3 is 0 Å². The first-order valence-electron chi connectivity index (χ1n) is 6.73. The maximum absolute atomic E-state index is 12.5. The molecule has 1 unspecified atom stereocenters. The molecule has 0 bridgehead atoms. The van der Waals surface area contributed by atoms with Crippen molar-refractivity contribution in [3.05, 3.63) is 34.9 Å². The van der Waals surface area contributed by atoms with Crippen LogP contribution in [0.5, 0.6) is 0 Å². The second-order valence-electron chi connectivity index (χ2n) is 4.92. The van der Waals surface area contributed by atoms with Crippen molar-refractivity contribution in [1.82, 2.24) is 4.90 Å². The second kappa shape index (κ2) is 6.83. The number of carbonyl (C=O) groups excluding carboxylic acids is 1. The van der Waals surface area contributed by atoms with E-state index in [2.05, 4.69) is 18.8 Å². The molecule has 0 aliphatic carbocycles. The zero-order valence-electron chi connectivity index (χ0n) is 11.8. The number of thioether (sulfide) groups is 1. The minimum Gasteiger partial charge on any atom is -0.384 e. The van der Waals surface area contributed by atoms with Crippen LogP contribution in [0, 0.1) is 18.8 Å². The maximum atomic E-state index is 12.5. The molecule has 0 radical (unpaired) electrons.